The molecule has 18 heavy (non-hydrogen) atoms. The number of anilines is 2. The zero-order valence-corrected chi connectivity index (χ0v) is 11.4. The molecule has 0 aliphatic carbocycles. The Morgan fingerprint density at radius 3 is 2.78 bits per heavy atom. The zero-order chi connectivity index (χ0) is 13.3. The van der Waals surface area contributed by atoms with Gasteiger partial charge in [0.1, 0.15) is 0 Å². The second kappa shape index (κ2) is 5.01. The largest absolute Gasteiger partial charge is 0.398 e. The van der Waals surface area contributed by atoms with Gasteiger partial charge < -0.3 is 10.6 Å². The molecule has 98 valence electrons. The van der Waals surface area contributed by atoms with Crippen LogP contribution in [-0.4, -0.2) is 18.4 Å². The summed E-state index contributed by atoms with van der Waals surface area (Å²) in [5.74, 6) is 0.667. The number of nitrogens with two attached hydrogens (primary N) is 1. The maximum absolute atomic E-state index is 11.6. The number of ketones is 1. The van der Waals surface area contributed by atoms with Crippen LogP contribution >= 0.6 is 0 Å². The quantitative estimate of drug-likeness (QED) is 0.658. The third kappa shape index (κ3) is 2.35. The molecule has 1 saturated heterocycles. The molecule has 0 spiro atoms. The summed E-state index contributed by atoms with van der Waals surface area (Å²) in [6.07, 6.45) is 2.46. The molecule has 1 fully saturated rings. The van der Waals surface area contributed by atoms with E-state index in [2.05, 4.69) is 18.7 Å². The first-order valence-corrected chi connectivity index (χ1v) is 6.68. The highest BCUT2D eigenvalue weighted by atomic mass is 16.1. The third-order valence-electron chi connectivity index (χ3n) is 3.82. The number of nitrogen functional groups attached to an aromatic ring is 1. The predicted octanol–water partition coefficient (Wildman–Crippen LogP) is 3.10. The van der Waals surface area contributed by atoms with Crippen LogP contribution in [0.5, 0.6) is 0 Å². The van der Waals surface area contributed by atoms with Crippen molar-refractivity contribution in [1.82, 2.24) is 0 Å². The Morgan fingerprint density at radius 1 is 1.44 bits per heavy atom. The average Bonchev–Trinajstić information content (AvgIpc) is 2.78. The summed E-state index contributed by atoms with van der Waals surface area (Å²) in [5, 5.41) is 0. The van der Waals surface area contributed by atoms with Gasteiger partial charge in [0.05, 0.1) is 0 Å². The topological polar surface area (TPSA) is 46.3 Å². The average molecular weight is 246 g/mol. The highest BCUT2D eigenvalue weighted by Crippen LogP contribution is 2.31. The SMILES string of the molecule is CC(=O)c1cc(N2CCCC2C(C)C)ccc1N. The van der Waals surface area contributed by atoms with Gasteiger partial charge in [-0.2, -0.15) is 0 Å². The second-order valence-electron chi connectivity index (χ2n) is 5.47. The molecule has 1 heterocycles. The van der Waals surface area contributed by atoms with E-state index in [4.69, 9.17) is 5.73 Å². The molecule has 0 aromatic heterocycles. The molecular weight excluding hydrogens is 224 g/mol. The van der Waals surface area contributed by atoms with Gasteiger partial charge in [0, 0.05) is 29.5 Å². The Morgan fingerprint density at radius 2 is 2.17 bits per heavy atom. The third-order valence-corrected chi connectivity index (χ3v) is 3.82. The highest BCUT2D eigenvalue weighted by molar-refractivity contribution is 6.00. The number of nitrogens with zero attached hydrogens (tertiary/aromatic N) is 1. The van der Waals surface area contributed by atoms with Crippen molar-refractivity contribution in [1.29, 1.82) is 0 Å². The summed E-state index contributed by atoms with van der Waals surface area (Å²) in [5.41, 5.74) is 8.19. The Hall–Kier alpha value is -1.51. The van der Waals surface area contributed by atoms with E-state index in [-0.39, 0.29) is 5.78 Å². The van der Waals surface area contributed by atoms with Crippen molar-refractivity contribution in [3.63, 3.8) is 0 Å². The van der Waals surface area contributed by atoms with Crippen molar-refractivity contribution >= 4 is 17.2 Å². The van der Waals surface area contributed by atoms with Crippen LogP contribution in [0, 0.1) is 5.92 Å². The van der Waals surface area contributed by atoms with Crippen molar-refractivity contribution in [2.24, 2.45) is 5.92 Å². The van der Waals surface area contributed by atoms with E-state index in [1.54, 1.807) is 6.92 Å². The molecule has 1 atom stereocenters. The van der Waals surface area contributed by atoms with E-state index in [1.807, 2.05) is 18.2 Å². The van der Waals surface area contributed by atoms with Gasteiger partial charge in [0.2, 0.25) is 0 Å². The van der Waals surface area contributed by atoms with Crippen LogP contribution in [0.25, 0.3) is 0 Å². The summed E-state index contributed by atoms with van der Waals surface area (Å²) in [6, 6.07) is 6.40. The standard InChI is InChI=1S/C15H22N2O/c1-10(2)15-5-4-8-17(15)12-6-7-14(16)13(9-12)11(3)18/h6-7,9-10,15H,4-5,8,16H2,1-3H3. The zero-order valence-electron chi connectivity index (χ0n) is 11.4. The van der Waals surface area contributed by atoms with Crippen LogP contribution < -0.4 is 10.6 Å². The van der Waals surface area contributed by atoms with Gasteiger partial charge in [-0.25, -0.2) is 0 Å². The highest BCUT2D eigenvalue weighted by Gasteiger charge is 2.27. The van der Waals surface area contributed by atoms with E-state index in [0.717, 1.165) is 12.2 Å². The van der Waals surface area contributed by atoms with Crippen molar-refractivity contribution in [2.75, 3.05) is 17.2 Å². The van der Waals surface area contributed by atoms with Gasteiger partial charge in [-0.3, -0.25) is 4.79 Å². The number of hydrogen-bond donors (Lipinski definition) is 1. The molecule has 0 bridgehead atoms. The number of hydrogen-bond acceptors (Lipinski definition) is 3. The van der Waals surface area contributed by atoms with E-state index >= 15 is 0 Å². The molecule has 1 aliphatic heterocycles. The van der Waals surface area contributed by atoms with Gasteiger partial charge in [-0.1, -0.05) is 13.8 Å². The first kappa shape index (κ1) is 12.9. The minimum atomic E-state index is 0.0367. The minimum absolute atomic E-state index is 0.0367. The summed E-state index contributed by atoms with van der Waals surface area (Å²) in [7, 11) is 0. The van der Waals surface area contributed by atoms with E-state index in [9.17, 15) is 4.79 Å². The smallest absolute Gasteiger partial charge is 0.161 e. The number of rotatable bonds is 3. The van der Waals surface area contributed by atoms with Crippen molar-refractivity contribution in [3.05, 3.63) is 23.8 Å². The lowest BCUT2D eigenvalue weighted by Gasteiger charge is -2.30. The molecule has 1 aromatic carbocycles. The first-order valence-electron chi connectivity index (χ1n) is 6.68. The maximum atomic E-state index is 11.6. The first-order chi connectivity index (χ1) is 8.50. The number of carbonyl (C=O) groups is 1. The lowest BCUT2D eigenvalue weighted by molar-refractivity contribution is 0.101. The molecule has 3 heteroatoms. The summed E-state index contributed by atoms with van der Waals surface area (Å²) < 4.78 is 0. The molecule has 0 radical (unpaired) electrons. The van der Waals surface area contributed by atoms with Crippen LogP contribution in [0.15, 0.2) is 18.2 Å². The lowest BCUT2D eigenvalue weighted by Crippen LogP contribution is -2.33. The number of Topliss-reactive ketones (excluding diaryl/α,β-unsaturated/α-hetero) is 1. The van der Waals surface area contributed by atoms with Crippen molar-refractivity contribution < 1.29 is 4.79 Å². The Labute approximate surface area is 109 Å². The second-order valence-corrected chi connectivity index (χ2v) is 5.47. The van der Waals surface area contributed by atoms with Gasteiger partial charge in [-0.15, -0.1) is 0 Å². The molecule has 0 saturated carbocycles. The normalized spacial score (nSPS) is 19.6. The summed E-state index contributed by atoms with van der Waals surface area (Å²) >= 11 is 0. The summed E-state index contributed by atoms with van der Waals surface area (Å²) in [6.45, 7) is 7.15. The molecule has 1 unspecified atom stereocenters. The number of carbonyl (C=O) groups excluding carboxylic acids is 1. The molecule has 3 nitrogen and oxygen atoms in total. The minimum Gasteiger partial charge on any atom is -0.398 e. The van der Waals surface area contributed by atoms with Gasteiger partial charge in [-0.05, 0) is 43.9 Å². The summed E-state index contributed by atoms with van der Waals surface area (Å²) in [4.78, 5) is 14.0. The Kier molecular flexibility index (Phi) is 3.60. The predicted molar refractivity (Wildman–Crippen MR) is 76.1 cm³/mol. The molecule has 1 aliphatic rings. The van der Waals surface area contributed by atoms with Crippen LogP contribution in [0.1, 0.15) is 44.0 Å². The van der Waals surface area contributed by atoms with Crippen LogP contribution in [-0.2, 0) is 0 Å². The molecule has 2 N–H and O–H groups in total. The maximum Gasteiger partial charge on any atom is 0.161 e. The van der Waals surface area contributed by atoms with E-state index < -0.39 is 0 Å². The van der Waals surface area contributed by atoms with Gasteiger partial charge in [0.25, 0.3) is 0 Å². The molecule has 1 aromatic rings. The number of benzene rings is 1. The van der Waals surface area contributed by atoms with E-state index in [0.29, 0.717) is 23.2 Å². The fourth-order valence-corrected chi connectivity index (χ4v) is 2.83. The van der Waals surface area contributed by atoms with Crippen LogP contribution in [0.4, 0.5) is 11.4 Å². The van der Waals surface area contributed by atoms with Crippen molar-refractivity contribution in [3.8, 4) is 0 Å². The lowest BCUT2D eigenvalue weighted by atomic mass is 10.0. The van der Waals surface area contributed by atoms with Gasteiger partial charge >= 0.3 is 0 Å². The Balaban J connectivity index is 2.33. The fraction of sp³-hybridized carbons (Fsp3) is 0.533. The van der Waals surface area contributed by atoms with Crippen LogP contribution in [0.3, 0.4) is 0 Å². The fourth-order valence-electron chi connectivity index (χ4n) is 2.83. The van der Waals surface area contributed by atoms with Crippen molar-refractivity contribution in [2.45, 2.75) is 39.7 Å². The monoisotopic (exact) mass is 246 g/mol. The van der Waals surface area contributed by atoms with E-state index in [1.165, 1.54) is 12.8 Å². The van der Waals surface area contributed by atoms with Crippen LogP contribution in [0.2, 0.25) is 0 Å². The molecule has 0 amide bonds. The molecular formula is C15H22N2O. The Bertz CT molecular complexity index is 454. The molecule has 2 rings (SSSR count). The van der Waals surface area contributed by atoms with Gasteiger partial charge in [0.15, 0.2) is 5.78 Å².